The SMILES string of the molecule is Cc1cc(CN2CCC(C(=O)N3CCC(CC(=O)c4ccc(Cl)cc4)CC3)CC2)ccn1. The standard InChI is InChI=1S/C26H32ClN3O2/c1-19-16-21(6-11-28-19)18-29-12-9-23(10-13-29)26(32)30-14-7-20(8-15-30)17-25(31)22-2-4-24(27)5-3-22/h2-6,11,16,20,23H,7-10,12-15,17-18H2,1H3. The zero-order valence-electron chi connectivity index (χ0n) is 18.8. The maximum Gasteiger partial charge on any atom is 0.225 e. The smallest absolute Gasteiger partial charge is 0.225 e. The van der Waals surface area contributed by atoms with E-state index in [1.54, 1.807) is 24.3 Å². The van der Waals surface area contributed by atoms with Crippen LogP contribution in [0.5, 0.6) is 0 Å². The van der Waals surface area contributed by atoms with E-state index in [-0.39, 0.29) is 11.7 Å². The molecular weight excluding hydrogens is 422 g/mol. The van der Waals surface area contributed by atoms with Gasteiger partial charge in [0.1, 0.15) is 0 Å². The number of pyridine rings is 1. The van der Waals surface area contributed by atoms with Gasteiger partial charge in [0.25, 0.3) is 0 Å². The number of aromatic nitrogens is 1. The number of carbonyl (C=O) groups excluding carboxylic acids is 2. The number of likely N-dealkylation sites (tertiary alicyclic amines) is 2. The van der Waals surface area contributed by atoms with Gasteiger partial charge in [-0.15, -0.1) is 0 Å². The number of carbonyl (C=O) groups is 2. The average molecular weight is 454 g/mol. The molecule has 2 fully saturated rings. The van der Waals surface area contributed by atoms with Gasteiger partial charge in [-0.25, -0.2) is 0 Å². The van der Waals surface area contributed by atoms with Crippen LogP contribution in [0.2, 0.25) is 5.02 Å². The van der Waals surface area contributed by atoms with E-state index in [1.807, 2.05) is 18.0 Å². The fraction of sp³-hybridized carbons (Fsp3) is 0.500. The lowest BCUT2D eigenvalue weighted by atomic mass is 9.88. The first-order chi connectivity index (χ1) is 15.5. The molecule has 0 unspecified atom stereocenters. The molecule has 3 heterocycles. The van der Waals surface area contributed by atoms with E-state index >= 15 is 0 Å². The number of piperidine rings is 2. The van der Waals surface area contributed by atoms with Crippen molar-refractivity contribution in [3.8, 4) is 0 Å². The molecule has 4 rings (SSSR count). The molecule has 2 aromatic rings. The number of hydrogen-bond donors (Lipinski definition) is 0. The molecule has 32 heavy (non-hydrogen) atoms. The van der Waals surface area contributed by atoms with E-state index in [2.05, 4.69) is 22.0 Å². The zero-order chi connectivity index (χ0) is 22.5. The molecule has 2 saturated heterocycles. The highest BCUT2D eigenvalue weighted by Gasteiger charge is 2.31. The number of aryl methyl sites for hydroxylation is 1. The molecule has 6 heteroatoms. The van der Waals surface area contributed by atoms with Crippen molar-refractivity contribution >= 4 is 23.3 Å². The van der Waals surface area contributed by atoms with Crippen LogP contribution in [-0.4, -0.2) is 52.7 Å². The number of halogens is 1. The summed E-state index contributed by atoms with van der Waals surface area (Å²) in [5.41, 5.74) is 3.06. The lowest BCUT2D eigenvalue weighted by Gasteiger charge is -2.37. The van der Waals surface area contributed by atoms with Crippen molar-refractivity contribution in [3.05, 3.63) is 64.4 Å². The summed E-state index contributed by atoms with van der Waals surface area (Å²) in [6.45, 7) is 6.41. The highest BCUT2D eigenvalue weighted by atomic mass is 35.5. The Balaban J connectivity index is 1.20. The molecule has 1 amide bonds. The number of Topliss-reactive ketones (excluding diaryl/α,β-unsaturated/α-hetero) is 1. The molecule has 0 saturated carbocycles. The Morgan fingerprint density at radius 2 is 1.69 bits per heavy atom. The van der Waals surface area contributed by atoms with Crippen LogP contribution in [0.15, 0.2) is 42.6 Å². The Morgan fingerprint density at radius 3 is 2.34 bits per heavy atom. The average Bonchev–Trinajstić information content (AvgIpc) is 2.80. The minimum absolute atomic E-state index is 0.137. The van der Waals surface area contributed by atoms with Crippen molar-refractivity contribution < 1.29 is 9.59 Å². The second-order valence-electron chi connectivity index (χ2n) is 9.26. The summed E-state index contributed by atoms with van der Waals surface area (Å²) in [5, 5.41) is 0.645. The minimum Gasteiger partial charge on any atom is -0.342 e. The van der Waals surface area contributed by atoms with Gasteiger partial charge in [-0.3, -0.25) is 19.5 Å². The van der Waals surface area contributed by atoms with Gasteiger partial charge in [-0.1, -0.05) is 11.6 Å². The van der Waals surface area contributed by atoms with E-state index < -0.39 is 0 Å². The van der Waals surface area contributed by atoms with Gasteiger partial charge < -0.3 is 4.90 Å². The summed E-state index contributed by atoms with van der Waals surface area (Å²) in [7, 11) is 0. The second-order valence-corrected chi connectivity index (χ2v) is 9.70. The summed E-state index contributed by atoms with van der Waals surface area (Å²) in [6.07, 6.45) is 6.09. The molecule has 1 aromatic heterocycles. The van der Waals surface area contributed by atoms with Crippen LogP contribution in [0.3, 0.4) is 0 Å². The zero-order valence-corrected chi connectivity index (χ0v) is 19.6. The van der Waals surface area contributed by atoms with Gasteiger partial charge >= 0.3 is 0 Å². The van der Waals surface area contributed by atoms with Crippen molar-refractivity contribution in [2.45, 2.75) is 45.6 Å². The number of benzene rings is 1. The molecule has 0 aliphatic carbocycles. The fourth-order valence-electron chi connectivity index (χ4n) is 4.93. The molecule has 170 valence electrons. The third kappa shape index (κ3) is 5.96. The molecule has 5 nitrogen and oxygen atoms in total. The predicted molar refractivity (Wildman–Crippen MR) is 127 cm³/mol. The van der Waals surface area contributed by atoms with E-state index in [0.717, 1.165) is 69.7 Å². The third-order valence-corrected chi connectivity index (χ3v) is 7.12. The van der Waals surface area contributed by atoms with Crippen molar-refractivity contribution in [3.63, 3.8) is 0 Å². The first-order valence-electron chi connectivity index (χ1n) is 11.7. The summed E-state index contributed by atoms with van der Waals surface area (Å²) in [4.78, 5) is 34.3. The third-order valence-electron chi connectivity index (χ3n) is 6.87. The van der Waals surface area contributed by atoms with Gasteiger partial charge in [0.2, 0.25) is 5.91 Å². The predicted octanol–water partition coefficient (Wildman–Crippen LogP) is 4.77. The second kappa shape index (κ2) is 10.6. The normalized spacial score (nSPS) is 18.6. The Kier molecular flexibility index (Phi) is 7.59. The summed E-state index contributed by atoms with van der Waals surface area (Å²) in [5.74, 6) is 0.973. The van der Waals surface area contributed by atoms with Gasteiger partial charge in [0.05, 0.1) is 0 Å². The van der Waals surface area contributed by atoms with Gasteiger partial charge in [0, 0.05) is 54.4 Å². The molecule has 0 spiro atoms. The van der Waals surface area contributed by atoms with Crippen LogP contribution in [0.4, 0.5) is 0 Å². The van der Waals surface area contributed by atoms with E-state index in [9.17, 15) is 9.59 Å². The van der Waals surface area contributed by atoms with Crippen molar-refractivity contribution in [2.75, 3.05) is 26.2 Å². The number of ketones is 1. The van der Waals surface area contributed by atoms with Crippen LogP contribution >= 0.6 is 11.6 Å². The Labute approximate surface area is 195 Å². The van der Waals surface area contributed by atoms with E-state index in [1.165, 1.54) is 5.56 Å². The minimum atomic E-state index is 0.137. The van der Waals surface area contributed by atoms with Crippen LogP contribution in [0.1, 0.15) is 53.7 Å². The van der Waals surface area contributed by atoms with E-state index in [0.29, 0.717) is 23.3 Å². The maximum absolute atomic E-state index is 13.1. The first kappa shape index (κ1) is 22.9. The molecule has 0 radical (unpaired) electrons. The van der Waals surface area contributed by atoms with Crippen LogP contribution < -0.4 is 0 Å². The highest BCUT2D eigenvalue weighted by Crippen LogP contribution is 2.27. The quantitative estimate of drug-likeness (QED) is 0.591. The molecule has 0 bridgehead atoms. The van der Waals surface area contributed by atoms with Gasteiger partial charge in [-0.05, 0) is 93.6 Å². The first-order valence-corrected chi connectivity index (χ1v) is 12.1. The lowest BCUT2D eigenvalue weighted by Crippen LogP contribution is -2.45. The van der Waals surface area contributed by atoms with Crippen molar-refractivity contribution in [2.24, 2.45) is 11.8 Å². The Morgan fingerprint density at radius 1 is 1.00 bits per heavy atom. The summed E-state index contributed by atoms with van der Waals surface area (Å²) in [6, 6.07) is 11.3. The summed E-state index contributed by atoms with van der Waals surface area (Å²) >= 11 is 5.91. The van der Waals surface area contributed by atoms with Crippen LogP contribution in [0, 0.1) is 18.8 Å². The Hall–Kier alpha value is -2.24. The number of nitrogens with zero attached hydrogens (tertiary/aromatic N) is 3. The molecule has 0 atom stereocenters. The Bertz CT molecular complexity index is 930. The number of hydrogen-bond acceptors (Lipinski definition) is 4. The molecule has 2 aliphatic rings. The molecule has 2 aliphatic heterocycles. The molecular formula is C26H32ClN3O2. The number of rotatable bonds is 6. The van der Waals surface area contributed by atoms with E-state index in [4.69, 9.17) is 11.6 Å². The fourth-order valence-corrected chi connectivity index (χ4v) is 5.06. The van der Waals surface area contributed by atoms with Crippen molar-refractivity contribution in [1.29, 1.82) is 0 Å². The number of amides is 1. The van der Waals surface area contributed by atoms with Crippen LogP contribution in [0.25, 0.3) is 0 Å². The van der Waals surface area contributed by atoms with Crippen LogP contribution in [-0.2, 0) is 11.3 Å². The largest absolute Gasteiger partial charge is 0.342 e. The monoisotopic (exact) mass is 453 g/mol. The van der Waals surface area contributed by atoms with Gasteiger partial charge in [-0.2, -0.15) is 0 Å². The van der Waals surface area contributed by atoms with Gasteiger partial charge in [0.15, 0.2) is 5.78 Å². The molecule has 1 aromatic carbocycles. The molecule has 0 N–H and O–H groups in total. The highest BCUT2D eigenvalue weighted by molar-refractivity contribution is 6.30. The topological polar surface area (TPSA) is 53.5 Å². The maximum atomic E-state index is 13.1. The lowest BCUT2D eigenvalue weighted by molar-refractivity contribution is -0.138. The summed E-state index contributed by atoms with van der Waals surface area (Å²) < 4.78 is 0. The van der Waals surface area contributed by atoms with Crippen molar-refractivity contribution in [1.82, 2.24) is 14.8 Å².